The first kappa shape index (κ1) is 9.24. The van der Waals surface area contributed by atoms with Crippen molar-refractivity contribution in [1.29, 1.82) is 0 Å². The van der Waals surface area contributed by atoms with Gasteiger partial charge >= 0.3 is 0 Å². The van der Waals surface area contributed by atoms with Gasteiger partial charge in [0.15, 0.2) is 0 Å². The largest absolute Gasteiger partial charge is 0.326 e. The van der Waals surface area contributed by atoms with E-state index in [-0.39, 0.29) is 0 Å². The average Bonchev–Trinajstić information content (AvgIpc) is 2.70. The summed E-state index contributed by atoms with van der Waals surface area (Å²) in [6.45, 7) is 0.424. The maximum Gasteiger partial charge on any atom is 0.0991 e. The average molecular weight is 208 g/mol. The highest BCUT2D eigenvalue weighted by atomic mass is 35.5. The van der Waals surface area contributed by atoms with Crippen molar-refractivity contribution in [3.05, 3.63) is 47.5 Å². The minimum absolute atomic E-state index is 0.424. The van der Waals surface area contributed by atoms with Gasteiger partial charge in [0.1, 0.15) is 0 Å². The number of imidazole rings is 1. The Morgan fingerprint density at radius 2 is 2.29 bits per heavy atom. The fourth-order valence-electron chi connectivity index (χ4n) is 1.39. The predicted molar refractivity (Wildman–Crippen MR) is 56.5 cm³/mol. The highest BCUT2D eigenvalue weighted by Crippen LogP contribution is 2.22. The fourth-order valence-corrected chi connectivity index (χ4v) is 1.64. The van der Waals surface area contributed by atoms with Gasteiger partial charge in [-0.1, -0.05) is 17.7 Å². The van der Waals surface area contributed by atoms with Crippen molar-refractivity contribution in [2.75, 3.05) is 0 Å². The van der Waals surface area contributed by atoms with E-state index < -0.39 is 0 Å². The van der Waals surface area contributed by atoms with E-state index in [2.05, 4.69) is 4.98 Å². The van der Waals surface area contributed by atoms with Crippen molar-refractivity contribution >= 4 is 11.6 Å². The van der Waals surface area contributed by atoms with Crippen LogP contribution in [0, 0.1) is 0 Å². The zero-order chi connectivity index (χ0) is 9.97. The lowest BCUT2D eigenvalue weighted by atomic mass is 10.2. The van der Waals surface area contributed by atoms with E-state index in [1.807, 2.05) is 29.0 Å². The van der Waals surface area contributed by atoms with E-state index in [1.54, 1.807) is 12.5 Å². The summed E-state index contributed by atoms with van der Waals surface area (Å²) in [5, 5.41) is 0.693. The van der Waals surface area contributed by atoms with Crippen LogP contribution in [0.4, 0.5) is 0 Å². The second-order valence-electron chi connectivity index (χ2n) is 2.91. The third-order valence-corrected chi connectivity index (χ3v) is 2.43. The minimum atomic E-state index is 0.424. The Kier molecular flexibility index (Phi) is 2.52. The van der Waals surface area contributed by atoms with Crippen molar-refractivity contribution < 1.29 is 0 Å². The number of hydrogen-bond donors (Lipinski definition) is 1. The van der Waals surface area contributed by atoms with Crippen LogP contribution in [0.3, 0.4) is 0 Å². The lowest BCUT2D eigenvalue weighted by Gasteiger charge is -2.09. The Labute approximate surface area is 87.1 Å². The van der Waals surface area contributed by atoms with Gasteiger partial charge in [0.25, 0.3) is 0 Å². The summed E-state index contributed by atoms with van der Waals surface area (Å²) in [5.41, 5.74) is 7.56. The van der Waals surface area contributed by atoms with Gasteiger partial charge in [0, 0.05) is 29.5 Å². The molecule has 0 aliphatic rings. The highest BCUT2D eigenvalue weighted by molar-refractivity contribution is 6.31. The van der Waals surface area contributed by atoms with Gasteiger partial charge < -0.3 is 10.3 Å². The zero-order valence-electron chi connectivity index (χ0n) is 7.52. The normalized spacial score (nSPS) is 10.4. The molecule has 0 saturated heterocycles. The number of nitrogens with two attached hydrogens (primary N) is 1. The minimum Gasteiger partial charge on any atom is -0.326 e. The van der Waals surface area contributed by atoms with Crippen LogP contribution < -0.4 is 5.73 Å². The van der Waals surface area contributed by atoms with Crippen LogP contribution in [0.2, 0.25) is 5.02 Å². The van der Waals surface area contributed by atoms with Crippen LogP contribution in [0.5, 0.6) is 0 Å². The first-order chi connectivity index (χ1) is 6.83. The van der Waals surface area contributed by atoms with E-state index in [4.69, 9.17) is 17.3 Å². The van der Waals surface area contributed by atoms with Crippen LogP contribution in [-0.4, -0.2) is 9.55 Å². The predicted octanol–water partition coefficient (Wildman–Crippen LogP) is 1.98. The highest BCUT2D eigenvalue weighted by Gasteiger charge is 2.05. The van der Waals surface area contributed by atoms with Gasteiger partial charge in [0.2, 0.25) is 0 Å². The summed E-state index contributed by atoms with van der Waals surface area (Å²) in [6, 6.07) is 5.71. The summed E-state index contributed by atoms with van der Waals surface area (Å²) >= 11 is 6.03. The molecule has 72 valence electrons. The molecule has 2 rings (SSSR count). The molecule has 1 aromatic heterocycles. The molecule has 4 heteroatoms. The Hall–Kier alpha value is -1.32. The molecule has 0 saturated carbocycles. The first-order valence-electron chi connectivity index (χ1n) is 4.28. The molecule has 0 bridgehead atoms. The molecule has 0 unspecified atom stereocenters. The van der Waals surface area contributed by atoms with E-state index in [9.17, 15) is 0 Å². The fraction of sp³-hybridized carbons (Fsp3) is 0.100. The molecule has 0 radical (unpaired) electrons. The smallest absolute Gasteiger partial charge is 0.0991 e. The summed E-state index contributed by atoms with van der Waals surface area (Å²) in [4.78, 5) is 3.98. The van der Waals surface area contributed by atoms with E-state index in [0.29, 0.717) is 11.6 Å². The standard InChI is InChI=1S/C10H10ClN3/c11-9-2-1-3-10(8(9)6-12)14-5-4-13-7-14/h1-5,7H,6,12H2. The van der Waals surface area contributed by atoms with E-state index in [1.165, 1.54) is 0 Å². The number of halogens is 1. The zero-order valence-corrected chi connectivity index (χ0v) is 8.28. The monoisotopic (exact) mass is 207 g/mol. The molecule has 0 fully saturated rings. The molecule has 2 aromatic rings. The molecule has 0 spiro atoms. The second kappa shape index (κ2) is 3.82. The Morgan fingerprint density at radius 1 is 1.43 bits per heavy atom. The van der Waals surface area contributed by atoms with Crippen LogP contribution in [-0.2, 0) is 6.54 Å². The molecule has 14 heavy (non-hydrogen) atoms. The van der Waals surface area contributed by atoms with Crippen LogP contribution in [0.1, 0.15) is 5.56 Å². The Morgan fingerprint density at radius 3 is 2.93 bits per heavy atom. The molecular formula is C10H10ClN3. The van der Waals surface area contributed by atoms with Gasteiger partial charge in [-0.2, -0.15) is 0 Å². The molecule has 1 aromatic carbocycles. The summed E-state index contributed by atoms with van der Waals surface area (Å²) < 4.78 is 1.90. The summed E-state index contributed by atoms with van der Waals surface area (Å²) in [7, 11) is 0. The molecular weight excluding hydrogens is 198 g/mol. The van der Waals surface area contributed by atoms with Gasteiger partial charge in [0.05, 0.1) is 12.0 Å². The van der Waals surface area contributed by atoms with Crippen LogP contribution >= 0.6 is 11.6 Å². The maximum absolute atomic E-state index is 6.03. The quantitative estimate of drug-likeness (QED) is 0.819. The van der Waals surface area contributed by atoms with E-state index >= 15 is 0 Å². The van der Waals surface area contributed by atoms with Gasteiger partial charge in [-0.05, 0) is 12.1 Å². The Bertz CT molecular complexity index is 423. The van der Waals surface area contributed by atoms with Gasteiger partial charge in [-0.15, -0.1) is 0 Å². The molecule has 0 aliphatic carbocycles. The summed E-state index contributed by atoms with van der Waals surface area (Å²) in [5.74, 6) is 0. The third kappa shape index (κ3) is 1.52. The van der Waals surface area contributed by atoms with Crippen molar-refractivity contribution in [2.45, 2.75) is 6.54 Å². The number of aromatic nitrogens is 2. The Balaban J connectivity index is 2.58. The lowest BCUT2D eigenvalue weighted by Crippen LogP contribution is -2.03. The number of rotatable bonds is 2. The molecule has 0 amide bonds. The van der Waals surface area contributed by atoms with Crippen LogP contribution in [0.25, 0.3) is 5.69 Å². The number of benzene rings is 1. The maximum atomic E-state index is 6.03. The first-order valence-corrected chi connectivity index (χ1v) is 4.66. The molecule has 1 heterocycles. The van der Waals surface area contributed by atoms with Crippen molar-refractivity contribution in [2.24, 2.45) is 5.73 Å². The third-order valence-electron chi connectivity index (χ3n) is 2.08. The second-order valence-corrected chi connectivity index (χ2v) is 3.32. The molecule has 2 N–H and O–H groups in total. The molecule has 0 aliphatic heterocycles. The van der Waals surface area contributed by atoms with Gasteiger partial charge in [-0.25, -0.2) is 4.98 Å². The molecule has 3 nitrogen and oxygen atoms in total. The van der Waals surface area contributed by atoms with Crippen molar-refractivity contribution in [1.82, 2.24) is 9.55 Å². The number of nitrogens with zero attached hydrogens (tertiary/aromatic N) is 2. The lowest BCUT2D eigenvalue weighted by molar-refractivity contribution is 0.983. The van der Waals surface area contributed by atoms with Crippen molar-refractivity contribution in [3.8, 4) is 5.69 Å². The van der Waals surface area contributed by atoms with Crippen LogP contribution in [0.15, 0.2) is 36.9 Å². The SMILES string of the molecule is NCc1c(Cl)cccc1-n1ccnc1. The van der Waals surface area contributed by atoms with Gasteiger partial charge in [-0.3, -0.25) is 0 Å². The van der Waals surface area contributed by atoms with E-state index in [0.717, 1.165) is 11.3 Å². The molecule has 0 atom stereocenters. The summed E-state index contributed by atoms with van der Waals surface area (Å²) in [6.07, 6.45) is 5.32. The van der Waals surface area contributed by atoms with Crippen molar-refractivity contribution in [3.63, 3.8) is 0 Å². The topological polar surface area (TPSA) is 43.8 Å². The number of hydrogen-bond acceptors (Lipinski definition) is 2.